The van der Waals surface area contributed by atoms with Gasteiger partial charge in [-0.15, -0.1) is 0 Å². The molecule has 0 saturated carbocycles. The summed E-state index contributed by atoms with van der Waals surface area (Å²) in [5.41, 5.74) is 0. The van der Waals surface area contributed by atoms with Crippen molar-refractivity contribution in [3.8, 4) is 6.26 Å². The van der Waals surface area contributed by atoms with Crippen LogP contribution in [0.15, 0.2) is 0 Å². The number of aliphatic hydroxyl groups is 1. The van der Waals surface area contributed by atoms with Gasteiger partial charge in [0.2, 0.25) is 0 Å². The Kier molecular flexibility index (Phi) is 8.19. The van der Waals surface area contributed by atoms with Gasteiger partial charge in [-0.3, -0.25) is 0 Å². The van der Waals surface area contributed by atoms with E-state index in [1.165, 1.54) is 12.8 Å². The monoisotopic (exact) mass is 275 g/mol. The third kappa shape index (κ3) is 3.45. The van der Waals surface area contributed by atoms with Gasteiger partial charge < -0.3 is 18.7 Å². The van der Waals surface area contributed by atoms with E-state index in [0.29, 0.717) is 0 Å². The Balaban J connectivity index is 0.000000873. The third-order valence-electron chi connectivity index (χ3n) is 3.73. The summed E-state index contributed by atoms with van der Waals surface area (Å²) in [5, 5.41) is 13.6. The predicted octanol–water partition coefficient (Wildman–Crippen LogP) is 2.47. The Labute approximate surface area is 111 Å². The van der Waals surface area contributed by atoms with E-state index in [0.717, 1.165) is 31.6 Å². The molecule has 6 heteroatoms. The molecule has 5 nitrogen and oxygen atoms in total. The van der Waals surface area contributed by atoms with Gasteiger partial charge in [0.15, 0.2) is 0 Å². The summed E-state index contributed by atoms with van der Waals surface area (Å²) < 4.78 is 17.4. The molecule has 1 heterocycles. The quantitative estimate of drug-likeness (QED) is 0.616. The standard InChI is InChI=1S/C11H24O3Si.CHNO/c1-5-8-11(12-2)9-6-7-10-15(11,13-3)14-4;2-1-3/h5-10H2,1-4H3;3H. The van der Waals surface area contributed by atoms with E-state index in [9.17, 15) is 0 Å². The molecular weight excluding hydrogens is 250 g/mol. The third-order valence-corrected chi connectivity index (χ3v) is 8.16. The molecule has 1 atom stereocenters. The second kappa shape index (κ2) is 8.48. The van der Waals surface area contributed by atoms with E-state index < -0.39 is 8.56 Å². The zero-order valence-electron chi connectivity index (χ0n) is 11.9. The van der Waals surface area contributed by atoms with Crippen LogP contribution in [-0.2, 0) is 13.6 Å². The van der Waals surface area contributed by atoms with Crippen LogP contribution in [0, 0.1) is 11.5 Å². The molecule has 0 aromatic carbocycles. The second-order valence-corrected chi connectivity index (χ2v) is 8.15. The molecule has 1 unspecified atom stereocenters. The van der Waals surface area contributed by atoms with Crippen molar-refractivity contribution in [3.63, 3.8) is 0 Å². The minimum Gasteiger partial charge on any atom is -0.443 e. The first kappa shape index (κ1) is 17.4. The van der Waals surface area contributed by atoms with Gasteiger partial charge in [-0.25, -0.2) is 0 Å². The van der Waals surface area contributed by atoms with E-state index in [-0.39, 0.29) is 5.22 Å². The summed E-state index contributed by atoms with van der Waals surface area (Å²) in [4.78, 5) is 0. The maximum absolute atomic E-state index is 6.88. The fourth-order valence-corrected chi connectivity index (χ4v) is 6.91. The summed E-state index contributed by atoms with van der Waals surface area (Å²) >= 11 is 0. The van der Waals surface area contributed by atoms with Crippen LogP contribution in [0.4, 0.5) is 0 Å². The number of rotatable bonds is 5. The van der Waals surface area contributed by atoms with Gasteiger partial charge in [0.05, 0.1) is 0 Å². The number of methoxy groups -OCH3 is 1. The lowest BCUT2D eigenvalue weighted by Crippen LogP contribution is -2.64. The SMILES string of the molecule is CCCC1(OC)CCCC[Si]1(OC)OC.N#CO. The molecule has 0 radical (unpaired) electrons. The van der Waals surface area contributed by atoms with Crippen molar-refractivity contribution >= 4 is 8.56 Å². The van der Waals surface area contributed by atoms with Crippen LogP contribution >= 0.6 is 0 Å². The highest BCUT2D eigenvalue weighted by Gasteiger charge is 2.58. The van der Waals surface area contributed by atoms with Crippen LogP contribution in [-0.4, -0.2) is 40.2 Å². The van der Waals surface area contributed by atoms with Crippen LogP contribution in [0.2, 0.25) is 6.04 Å². The highest BCUT2D eigenvalue weighted by atomic mass is 28.4. The Morgan fingerprint density at radius 1 is 1.28 bits per heavy atom. The average Bonchev–Trinajstić information content (AvgIpc) is 2.40. The van der Waals surface area contributed by atoms with Crippen molar-refractivity contribution in [1.29, 1.82) is 5.26 Å². The summed E-state index contributed by atoms with van der Waals surface area (Å²) in [6, 6.07) is 1.06. The van der Waals surface area contributed by atoms with E-state index in [2.05, 4.69) is 6.92 Å². The number of aliphatic hydroxyl groups excluding tert-OH is 1. The van der Waals surface area contributed by atoms with Gasteiger partial charge >= 0.3 is 8.56 Å². The van der Waals surface area contributed by atoms with Crippen LogP contribution < -0.4 is 0 Å². The van der Waals surface area contributed by atoms with Gasteiger partial charge in [0, 0.05) is 21.3 Å². The van der Waals surface area contributed by atoms with Gasteiger partial charge in [0.1, 0.15) is 5.22 Å². The minimum absolute atomic E-state index is 0.122. The molecule has 1 fully saturated rings. The number of ether oxygens (including phenoxy) is 1. The molecule has 1 saturated heterocycles. The molecular formula is C12H25NO4Si. The van der Waals surface area contributed by atoms with Crippen LogP contribution in [0.25, 0.3) is 0 Å². The molecule has 0 aromatic heterocycles. The van der Waals surface area contributed by atoms with Crippen LogP contribution in [0.3, 0.4) is 0 Å². The Morgan fingerprint density at radius 2 is 1.83 bits per heavy atom. The van der Waals surface area contributed by atoms with Crippen molar-refractivity contribution in [2.75, 3.05) is 21.3 Å². The Morgan fingerprint density at radius 3 is 2.22 bits per heavy atom. The maximum Gasteiger partial charge on any atom is 0.370 e. The van der Waals surface area contributed by atoms with Crippen molar-refractivity contribution < 1.29 is 18.7 Å². The predicted molar refractivity (Wildman–Crippen MR) is 70.6 cm³/mol. The summed E-state index contributed by atoms with van der Waals surface area (Å²) in [5.74, 6) is 0. The average molecular weight is 275 g/mol. The second-order valence-electron chi connectivity index (χ2n) is 4.42. The van der Waals surface area contributed by atoms with E-state index >= 15 is 0 Å². The molecule has 18 heavy (non-hydrogen) atoms. The van der Waals surface area contributed by atoms with Gasteiger partial charge in [-0.05, 0) is 18.9 Å². The molecule has 1 aliphatic rings. The smallest absolute Gasteiger partial charge is 0.370 e. The van der Waals surface area contributed by atoms with Gasteiger partial charge in [-0.2, -0.15) is 5.26 Å². The number of nitriles is 1. The molecule has 0 amide bonds. The van der Waals surface area contributed by atoms with E-state index in [4.69, 9.17) is 24.0 Å². The summed E-state index contributed by atoms with van der Waals surface area (Å²) in [6.07, 6.45) is 6.45. The van der Waals surface area contributed by atoms with Gasteiger partial charge in [-0.1, -0.05) is 26.2 Å². The zero-order chi connectivity index (χ0) is 14.1. The first-order valence-electron chi connectivity index (χ1n) is 6.30. The molecule has 106 valence electrons. The lowest BCUT2D eigenvalue weighted by atomic mass is 10.1. The normalized spacial score (nSPS) is 25.7. The molecule has 1 aliphatic heterocycles. The molecule has 0 bridgehead atoms. The number of nitrogens with zero attached hydrogens (tertiary/aromatic N) is 1. The topological polar surface area (TPSA) is 71.7 Å². The van der Waals surface area contributed by atoms with Crippen molar-refractivity contribution in [3.05, 3.63) is 0 Å². The van der Waals surface area contributed by atoms with E-state index in [1.54, 1.807) is 21.3 Å². The Bertz CT molecular complexity index is 261. The van der Waals surface area contributed by atoms with Gasteiger partial charge in [0.25, 0.3) is 6.26 Å². The first-order valence-corrected chi connectivity index (χ1v) is 8.33. The highest BCUT2D eigenvalue weighted by molar-refractivity contribution is 6.70. The fourth-order valence-electron chi connectivity index (χ4n) is 2.92. The maximum atomic E-state index is 6.88. The lowest BCUT2D eigenvalue weighted by Gasteiger charge is -2.47. The molecule has 0 aliphatic carbocycles. The molecule has 0 aromatic rings. The summed E-state index contributed by atoms with van der Waals surface area (Å²) in [6.45, 7) is 2.19. The van der Waals surface area contributed by atoms with Crippen molar-refractivity contribution in [1.82, 2.24) is 0 Å². The number of hydrogen-bond acceptors (Lipinski definition) is 5. The zero-order valence-corrected chi connectivity index (χ0v) is 12.9. The van der Waals surface area contributed by atoms with Crippen LogP contribution in [0.5, 0.6) is 0 Å². The molecule has 1 rings (SSSR count). The summed E-state index contributed by atoms with van der Waals surface area (Å²) in [7, 11) is 3.22. The minimum atomic E-state index is -2.15. The lowest BCUT2D eigenvalue weighted by molar-refractivity contribution is -0.0149. The first-order chi connectivity index (χ1) is 8.61. The van der Waals surface area contributed by atoms with Crippen LogP contribution in [0.1, 0.15) is 39.0 Å². The molecule has 1 N–H and O–H groups in total. The van der Waals surface area contributed by atoms with Crippen molar-refractivity contribution in [2.24, 2.45) is 0 Å². The van der Waals surface area contributed by atoms with Crippen molar-refractivity contribution in [2.45, 2.75) is 50.3 Å². The highest BCUT2D eigenvalue weighted by Crippen LogP contribution is 2.42. The van der Waals surface area contributed by atoms with E-state index in [1.807, 2.05) is 0 Å². The number of hydrogen-bond donors (Lipinski definition) is 1. The molecule has 0 spiro atoms. The fraction of sp³-hybridized carbons (Fsp3) is 0.917. The Hall–Kier alpha value is -0.613. The largest absolute Gasteiger partial charge is 0.443 e.